The molecule has 1 aromatic heterocycles. The van der Waals surface area contributed by atoms with Crippen molar-refractivity contribution in [1.29, 1.82) is 0 Å². The minimum Gasteiger partial charge on any atom is -0.465 e. The van der Waals surface area contributed by atoms with Gasteiger partial charge in [0.05, 0.1) is 31.1 Å². The van der Waals surface area contributed by atoms with E-state index in [1.54, 1.807) is 12.1 Å². The summed E-state index contributed by atoms with van der Waals surface area (Å²) in [5, 5.41) is 16.9. The Morgan fingerprint density at radius 3 is 2.10 bits per heavy atom. The van der Waals surface area contributed by atoms with Gasteiger partial charge in [0.2, 0.25) is 0 Å². The molecule has 2 heterocycles. The number of hydrogen-bond donors (Lipinski definition) is 1. The van der Waals surface area contributed by atoms with E-state index in [0.29, 0.717) is 26.1 Å². The zero-order valence-electron chi connectivity index (χ0n) is 22.6. The van der Waals surface area contributed by atoms with Gasteiger partial charge in [-0.3, -0.25) is 4.68 Å². The summed E-state index contributed by atoms with van der Waals surface area (Å²) in [4.78, 5) is 13.2. The Balaban J connectivity index is 1.56. The van der Waals surface area contributed by atoms with Gasteiger partial charge in [0, 0.05) is 12.1 Å². The molecule has 3 aromatic carbocycles. The van der Waals surface area contributed by atoms with Crippen LogP contribution in [0, 0.1) is 5.82 Å². The van der Waals surface area contributed by atoms with E-state index in [1.807, 2.05) is 16.8 Å². The first kappa shape index (κ1) is 26.8. The molecule has 0 saturated heterocycles. The number of fused-ring (bicyclic) bond motifs is 1. The number of nitrogens with zero attached hydrogens (tertiary/aromatic N) is 3. The largest absolute Gasteiger partial charge is 0.465 e. The van der Waals surface area contributed by atoms with Gasteiger partial charge in [-0.2, -0.15) is 5.10 Å². The van der Waals surface area contributed by atoms with Crippen LogP contribution in [-0.2, 0) is 30.5 Å². The Labute approximate surface area is 229 Å². The molecular formula is C31H34FN3O3Si. The first-order valence-electron chi connectivity index (χ1n) is 13.2. The minimum atomic E-state index is -2.78. The highest BCUT2D eigenvalue weighted by Gasteiger charge is 2.50. The molecule has 6 nitrogen and oxygen atoms in total. The number of halogens is 1. The molecule has 8 heteroatoms. The van der Waals surface area contributed by atoms with E-state index in [1.165, 1.54) is 27.4 Å². The summed E-state index contributed by atoms with van der Waals surface area (Å²) in [5.74, 6) is -0.294. The molecule has 0 atom stereocenters. The lowest BCUT2D eigenvalue weighted by Gasteiger charge is -2.43. The molecule has 0 unspecified atom stereocenters. The smallest absolute Gasteiger partial charge is 0.407 e. The molecule has 0 aliphatic carbocycles. The Morgan fingerprint density at radius 2 is 1.56 bits per heavy atom. The van der Waals surface area contributed by atoms with E-state index >= 15 is 0 Å². The van der Waals surface area contributed by atoms with Crippen molar-refractivity contribution >= 4 is 24.8 Å². The van der Waals surface area contributed by atoms with E-state index in [9.17, 15) is 14.3 Å². The second kappa shape index (κ2) is 10.8. The van der Waals surface area contributed by atoms with Crippen LogP contribution >= 0.6 is 0 Å². The number of carbonyl (C=O) groups is 1. The van der Waals surface area contributed by atoms with E-state index in [2.05, 4.69) is 69.3 Å². The lowest BCUT2D eigenvalue weighted by atomic mass is 10.0. The molecule has 202 valence electrons. The summed E-state index contributed by atoms with van der Waals surface area (Å²) in [5.41, 5.74) is 3.65. The van der Waals surface area contributed by atoms with Crippen LogP contribution in [0.25, 0.3) is 0 Å². The maximum Gasteiger partial charge on any atom is 0.407 e. The molecule has 1 amide bonds. The quantitative estimate of drug-likeness (QED) is 0.326. The maximum atomic E-state index is 13.5. The molecule has 1 aliphatic heterocycles. The third-order valence-electron chi connectivity index (χ3n) is 7.58. The van der Waals surface area contributed by atoms with Crippen molar-refractivity contribution in [2.45, 2.75) is 51.9 Å². The minimum absolute atomic E-state index is 0.174. The number of amides is 1. The molecule has 0 fully saturated rings. The fourth-order valence-corrected chi connectivity index (χ4v) is 10.2. The number of aromatic nitrogens is 2. The lowest BCUT2D eigenvalue weighted by molar-refractivity contribution is 0.138. The average Bonchev–Trinajstić information content (AvgIpc) is 3.27. The highest BCUT2D eigenvalue weighted by molar-refractivity contribution is 6.99. The summed E-state index contributed by atoms with van der Waals surface area (Å²) in [6, 6.07) is 27.3. The molecule has 1 N–H and O–H groups in total. The first-order valence-corrected chi connectivity index (χ1v) is 15.1. The van der Waals surface area contributed by atoms with E-state index in [4.69, 9.17) is 9.52 Å². The second-order valence-corrected chi connectivity index (χ2v) is 15.4. The topological polar surface area (TPSA) is 67.6 Å². The van der Waals surface area contributed by atoms with Crippen molar-refractivity contribution in [2.75, 3.05) is 6.54 Å². The van der Waals surface area contributed by atoms with Crippen molar-refractivity contribution in [3.63, 3.8) is 0 Å². The summed E-state index contributed by atoms with van der Waals surface area (Å²) >= 11 is 0. The molecule has 5 rings (SSSR count). The SMILES string of the molecule is CC(C)(C)[Si](OCc1nn(Cc2ccc(F)cc2)c2c1CCN(C(=O)O)C2)(c1ccccc1)c1ccccc1. The van der Waals surface area contributed by atoms with Gasteiger partial charge in [-0.25, -0.2) is 9.18 Å². The van der Waals surface area contributed by atoms with Crippen LogP contribution in [0.5, 0.6) is 0 Å². The molecule has 0 bridgehead atoms. The molecule has 39 heavy (non-hydrogen) atoms. The Hall–Kier alpha value is -3.75. The Kier molecular flexibility index (Phi) is 7.42. The van der Waals surface area contributed by atoms with Gasteiger partial charge in [0.1, 0.15) is 5.82 Å². The molecule has 0 spiro atoms. The predicted molar refractivity (Wildman–Crippen MR) is 152 cm³/mol. The van der Waals surface area contributed by atoms with Gasteiger partial charge >= 0.3 is 6.09 Å². The third kappa shape index (κ3) is 5.26. The molecule has 1 aliphatic rings. The molecular weight excluding hydrogens is 509 g/mol. The lowest BCUT2D eigenvalue weighted by Crippen LogP contribution is -2.66. The van der Waals surface area contributed by atoms with Crippen molar-refractivity contribution in [2.24, 2.45) is 0 Å². The zero-order valence-corrected chi connectivity index (χ0v) is 23.6. The highest BCUT2D eigenvalue weighted by atomic mass is 28.4. The summed E-state index contributed by atoms with van der Waals surface area (Å²) in [7, 11) is -2.78. The van der Waals surface area contributed by atoms with E-state index in [0.717, 1.165) is 22.5 Å². The highest BCUT2D eigenvalue weighted by Crippen LogP contribution is 2.37. The Bertz CT molecular complexity index is 1390. The normalized spacial score (nSPS) is 13.8. The van der Waals surface area contributed by atoms with Gasteiger partial charge in [-0.15, -0.1) is 0 Å². The van der Waals surface area contributed by atoms with Crippen LogP contribution in [0.1, 0.15) is 43.3 Å². The van der Waals surface area contributed by atoms with Crippen LogP contribution in [0.2, 0.25) is 5.04 Å². The number of hydrogen-bond acceptors (Lipinski definition) is 3. The van der Waals surface area contributed by atoms with Gasteiger partial charge < -0.3 is 14.4 Å². The monoisotopic (exact) mass is 543 g/mol. The summed E-state index contributed by atoms with van der Waals surface area (Å²) < 4.78 is 22.5. The average molecular weight is 544 g/mol. The van der Waals surface area contributed by atoms with Crippen molar-refractivity contribution in [3.8, 4) is 0 Å². The van der Waals surface area contributed by atoms with Gasteiger partial charge in [0.25, 0.3) is 8.32 Å². The van der Waals surface area contributed by atoms with E-state index < -0.39 is 14.4 Å². The summed E-state index contributed by atoms with van der Waals surface area (Å²) in [6.45, 7) is 8.15. The van der Waals surface area contributed by atoms with Crippen LogP contribution < -0.4 is 10.4 Å². The Morgan fingerprint density at radius 1 is 0.974 bits per heavy atom. The van der Waals surface area contributed by atoms with Crippen molar-refractivity contribution < 1.29 is 18.7 Å². The maximum absolute atomic E-state index is 13.5. The van der Waals surface area contributed by atoms with Crippen LogP contribution in [0.3, 0.4) is 0 Å². The third-order valence-corrected chi connectivity index (χ3v) is 12.6. The second-order valence-electron chi connectivity index (χ2n) is 11.1. The predicted octanol–water partition coefficient (Wildman–Crippen LogP) is 5.18. The number of benzene rings is 3. The summed E-state index contributed by atoms with van der Waals surface area (Å²) in [6.07, 6.45) is -0.370. The van der Waals surface area contributed by atoms with E-state index in [-0.39, 0.29) is 17.4 Å². The van der Waals surface area contributed by atoms with Gasteiger partial charge in [-0.1, -0.05) is 93.6 Å². The molecule has 0 radical (unpaired) electrons. The van der Waals surface area contributed by atoms with Crippen LogP contribution in [-0.4, -0.2) is 40.7 Å². The molecule has 4 aromatic rings. The van der Waals surface area contributed by atoms with Gasteiger partial charge in [0.15, 0.2) is 0 Å². The van der Waals surface area contributed by atoms with Gasteiger partial charge in [-0.05, 0) is 39.5 Å². The van der Waals surface area contributed by atoms with Crippen LogP contribution in [0.15, 0.2) is 84.9 Å². The first-order chi connectivity index (χ1) is 18.7. The van der Waals surface area contributed by atoms with Crippen molar-refractivity contribution in [3.05, 3.63) is 113 Å². The standard InChI is InChI=1S/C31H34FN3O3Si/c1-31(2,3)39(25-10-6-4-7-11-25,26-12-8-5-9-13-26)38-22-28-27-18-19-34(30(36)37)21-29(27)35(33-28)20-23-14-16-24(32)17-15-23/h4-17H,18-22H2,1-3H3,(H,36,37). The zero-order chi connectivity index (χ0) is 27.6. The van der Waals surface area contributed by atoms with Crippen molar-refractivity contribution in [1.82, 2.24) is 14.7 Å². The number of rotatable bonds is 7. The fourth-order valence-electron chi connectivity index (χ4n) is 5.67. The molecule has 0 saturated carbocycles. The number of carboxylic acid groups (broad SMARTS) is 1. The van der Waals surface area contributed by atoms with Crippen LogP contribution in [0.4, 0.5) is 9.18 Å². The fraction of sp³-hybridized carbons (Fsp3) is 0.290.